The Labute approximate surface area is 107 Å². The Balaban J connectivity index is 2.06. The Bertz CT molecular complexity index is 348. The number of rotatable bonds is 3. The van der Waals surface area contributed by atoms with Crippen molar-refractivity contribution in [2.75, 3.05) is 13.2 Å². The maximum absolute atomic E-state index is 12.4. The van der Waals surface area contributed by atoms with Crippen LogP contribution >= 0.6 is 12.2 Å². The molecule has 1 saturated heterocycles. The average Bonchev–Trinajstić information content (AvgIpc) is 2.86. The van der Waals surface area contributed by atoms with Crippen LogP contribution in [0.4, 0.5) is 0 Å². The molecule has 0 aromatic heterocycles. The summed E-state index contributed by atoms with van der Waals surface area (Å²) in [6, 6.07) is 0.268. The first-order valence-corrected chi connectivity index (χ1v) is 6.48. The van der Waals surface area contributed by atoms with Crippen molar-refractivity contribution in [2.24, 2.45) is 16.6 Å². The van der Waals surface area contributed by atoms with E-state index >= 15 is 0 Å². The molecule has 1 aliphatic heterocycles. The van der Waals surface area contributed by atoms with Crippen LogP contribution in [-0.2, 0) is 9.53 Å². The standard InChI is InChI=1S/C12H20N2O2S/c1-11(2)7-8(11)14-10(15)12(9(13)17)3-5-16-6-4-12/h8H,3-7H2,1-2H3,(H2,13,17)(H,14,15). The van der Waals surface area contributed by atoms with Crippen LogP contribution < -0.4 is 11.1 Å². The van der Waals surface area contributed by atoms with Gasteiger partial charge in [0.2, 0.25) is 5.91 Å². The Morgan fingerprint density at radius 1 is 1.41 bits per heavy atom. The molecule has 1 atom stereocenters. The van der Waals surface area contributed by atoms with E-state index in [4.69, 9.17) is 22.7 Å². The van der Waals surface area contributed by atoms with Gasteiger partial charge in [-0.3, -0.25) is 4.79 Å². The molecule has 17 heavy (non-hydrogen) atoms. The second-order valence-electron chi connectivity index (χ2n) is 5.78. The molecule has 1 amide bonds. The Morgan fingerprint density at radius 3 is 2.35 bits per heavy atom. The second-order valence-corrected chi connectivity index (χ2v) is 6.22. The molecule has 0 spiro atoms. The highest BCUT2D eigenvalue weighted by atomic mass is 32.1. The molecule has 1 unspecified atom stereocenters. The van der Waals surface area contributed by atoms with Gasteiger partial charge in [-0.15, -0.1) is 0 Å². The average molecular weight is 256 g/mol. The zero-order valence-electron chi connectivity index (χ0n) is 10.4. The highest BCUT2D eigenvalue weighted by Crippen LogP contribution is 2.45. The van der Waals surface area contributed by atoms with Crippen molar-refractivity contribution in [3.63, 3.8) is 0 Å². The molecule has 5 heteroatoms. The van der Waals surface area contributed by atoms with Gasteiger partial charge in [0.15, 0.2) is 0 Å². The minimum Gasteiger partial charge on any atom is -0.392 e. The van der Waals surface area contributed by atoms with Gasteiger partial charge in [-0.05, 0) is 24.7 Å². The van der Waals surface area contributed by atoms with Gasteiger partial charge >= 0.3 is 0 Å². The molecule has 2 aliphatic rings. The van der Waals surface area contributed by atoms with E-state index < -0.39 is 5.41 Å². The lowest BCUT2D eigenvalue weighted by atomic mass is 9.79. The van der Waals surface area contributed by atoms with Crippen molar-refractivity contribution in [1.82, 2.24) is 5.32 Å². The first kappa shape index (κ1) is 12.8. The van der Waals surface area contributed by atoms with Crippen LogP contribution in [0, 0.1) is 10.8 Å². The highest BCUT2D eigenvalue weighted by Gasteiger charge is 2.50. The number of hydrogen-bond donors (Lipinski definition) is 2. The third-order valence-corrected chi connectivity index (χ3v) is 4.46. The Morgan fingerprint density at radius 2 is 1.94 bits per heavy atom. The number of hydrogen-bond acceptors (Lipinski definition) is 3. The molecule has 1 saturated carbocycles. The predicted molar refractivity (Wildman–Crippen MR) is 69.6 cm³/mol. The molecule has 1 heterocycles. The largest absolute Gasteiger partial charge is 0.392 e. The lowest BCUT2D eigenvalue weighted by molar-refractivity contribution is -0.131. The number of nitrogens with two attached hydrogens (primary N) is 1. The van der Waals surface area contributed by atoms with E-state index in [0.717, 1.165) is 6.42 Å². The maximum Gasteiger partial charge on any atom is 0.233 e. The van der Waals surface area contributed by atoms with Crippen molar-refractivity contribution in [2.45, 2.75) is 39.2 Å². The Hall–Kier alpha value is -0.680. The fourth-order valence-electron chi connectivity index (χ4n) is 2.32. The first-order valence-electron chi connectivity index (χ1n) is 6.07. The number of thiocarbonyl (C=S) groups is 1. The van der Waals surface area contributed by atoms with Crippen molar-refractivity contribution >= 4 is 23.1 Å². The van der Waals surface area contributed by atoms with E-state index in [0.29, 0.717) is 31.0 Å². The van der Waals surface area contributed by atoms with Crippen LogP contribution in [0.2, 0.25) is 0 Å². The topological polar surface area (TPSA) is 64.4 Å². The summed E-state index contributed by atoms with van der Waals surface area (Å²) in [5.74, 6) is -0.0103. The number of amides is 1. The number of carbonyl (C=O) groups excluding carboxylic acids is 1. The van der Waals surface area contributed by atoms with Gasteiger partial charge in [0.05, 0.1) is 4.99 Å². The summed E-state index contributed by atoms with van der Waals surface area (Å²) < 4.78 is 5.29. The molecule has 0 bridgehead atoms. The van der Waals surface area contributed by atoms with Crippen molar-refractivity contribution < 1.29 is 9.53 Å². The van der Waals surface area contributed by atoms with E-state index in [1.54, 1.807) is 0 Å². The fourth-order valence-corrected chi connectivity index (χ4v) is 2.61. The minimum absolute atomic E-state index is 0.0103. The molecule has 0 aromatic carbocycles. The molecule has 0 aromatic rings. The molecule has 0 radical (unpaired) electrons. The van der Waals surface area contributed by atoms with Gasteiger partial charge in [0.1, 0.15) is 5.41 Å². The van der Waals surface area contributed by atoms with Crippen molar-refractivity contribution in [1.29, 1.82) is 0 Å². The lowest BCUT2D eigenvalue weighted by Crippen LogP contribution is -2.52. The summed E-state index contributed by atoms with van der Waals surface area (Å²) in [6.07, 6.45) is 2.23. The summed E-state index contributed by atoms with van der Waals surface area (Å²) in [7, 11) is 0. The third-order valence-electron chi connectivity index (χ3n) is 4.07. The summed E-state index contributed by atoms with van der Waals surface area (Å²) in [6.45, 7) is 5.41. The van der Waals surface area contributed by atoms with E-state index in [-0.39, 0.29) is 17.4 Å². The smallest absolute Gasteiger partial charge is 0.233 e. The normalized spacial score (nSPS) is 29.4. The zero-order chi connectivity index (χ0) is 12.7. The van der Waals surface area contributed by atoms with Gasteiger partial charge in [-0.25, -0.2) is 0 Å². The maximum atomic E-state index is 12.4. The molecule has 1 aliphatic carbocycles. The van der Waals surface area contributed by atoms with Crippen LogP contribution in [0.1, 0.15) is 33.1 Å². The van der Waals surface area contributed by atoms with E-state index in [2.05, 4.69) is 19.2 Å². The van der Waals surface area contributed by atoms with E-state index in [1.165, 1.54) is 0 Å². The van der Waals surface area contributed by atoms with Crippen molar-refractivity contribution in [3.05, 3.63) is 0 Å². The molecule has 3 N–H and O–H groups in total. The minimum atomic E-state index is -0.688. The van der Waals surface area contributed by atoms with Crippen LogP contribution in [0.25, 0.3) is 0 Å². The summed E-state index contributed by atoms with van der Waals surface area (Å²) >= 11 is 5.10. The van der Waals surface area contributed by atoms with E-state index in [1.807, 2.05) is 0 Å². The van der Waals surface area contributed by atoms with Crippen molar-refractivity contribution in [3.8, 4) is 0 Å². The van der Waals surface area contributed by atoms with Crippen LogP contribution in [0.15, 0.2) is 0 Å². The van der Waals surface area contributed by atoms with Crippen LogP contribution in [-0.4, -0.2) is 30.2 Å². The molecule has 2 rings (SSSR count). The summed E-state index contributed by atoms with van der Waals surface area (Å²) in [5.41, 5.74) is 5.31. The lowest BCUT2D eigenvalue weighted by Gasteiger charge is -2.34. The number of carbonyl (C=O) groups is 1. The Kier molecular flexibility index (Phi) is 3.16. The zero-order valence-corrected chi connectivity index (χ0v) is 11.2. The molecular weight excluding hydrogens is 236 g/mol. The molecule has 96 valence electrons. The van der Waals surface area contributed by atoms with Gasteiger partial charge < -0.3 is 15.8 Å². The third kappa shape index (κ3) is 2.31. The van der Waals surface area contributed by atoms with Gasteiger partial charge in [-0.2, -0.15) is 0 Å². The monoisotopic (exact) mass is 256 g/mol. The van der Waals surface area contributed by atoms with E-state index in [9.17, 15) is 4.79 Å². The molecular formula is C12H20N2O2S. The summed E-state index contributed by atoms with van der Waals surface area (Å²) in [4.78, 5) is 12.7. The number of ether oxygens (including phenoxy) is 1. The van der Waals surface area contributed by atoms with Gasteiger partial charge in [-0.1, -0.05) is 26.1 Å². The van der Waals surface area contributed by atoms with Gasteiger partial charge in [0, 0.05) is 19.3 Å². The summed E-state index contributed by atoms with van der Waals surface area (Å²) in [5, 5.41) is 3.07. The quantitative estimate of drug-likeness (QED) is 0.739. The second kappa shape index (κ2) is 4.21. The van der Waals surface area contributed by atoms with Crippen LogP contribution in [0.5, 0.6) is 0 Å². The van der Waals surface area contributed by atoms with Crippen LogP contribution in [0.3, 0.4) is 0 Å². The molecule has 4 nitrogen and oxygen atoms in total. The highest BCUT2D eigenvalue weighted by molar-refractivity contribution is 7.80. The van der Waals surface area contributed by atoms with Gasteiger partial charge in [0.25, 0.3) is 0 Å². The predicted octanol–water partition coefficient (Wildman–Crippen LogP) is 0.984. The fraction of sp³-hybridized carbons (Fsp3) is 0.833. The first-order chi connectivity index (χ1) is 7.88. The SMILES string of the molecule is CC1(C)CC1NC(=O)C1(C(N)=S)CCOCC1. The molecule has 2 fully saturated rings. The number of nitrogens with one attached hydrogen (secondary N) is 1.